The van der Waals surface area contributed by atoms with Gasteiger partial charge in [0.1, 0.15) is 18.4 Å². The highest BCUT2D eigenvalue weighted by Crippen LogP contribution is 2.25. The molecule has 0 aliphatic carbocycles. The van der Waals surface area contributed by atoms with Crippen molar-refractivity contribution in [1.29, 1.82) is 0 Å². The summed E-state index contributed by atoms with van der Waals surface area (Å²) < 4.78 is 0. The van der Waals surface area contributed by atoms with E-state index in [1.165, 1.54) is 10.0 Å². The van der Waals surface area contributed by atoms with E-state index in [9.17, 15) is 24.0 Å². The van der Waals surface area contributed by atoms with Crippen LogP contribution in [0.15, 0.2) is 30.3 Å². The molecule has 1 aromatic rings. The second kappa shape index (κ2) is 10.2. The smallest absolute Gasteiger partial charge is 0.264 e. The summed E-state index contributed by atoms with van der Waals surface area (Å²) >= 11 is 0. The summed E-state index contributed by atoms with van der Waals surface area (Å²) in [5.41, 5.74) is 0.407. The number of fused-ring (bicyclic) bond motifs is 1. The number of hydrazine groups is 1. The molecule has 3 rings (SSSR count). The lowest BCUT2D eigenvalue weighted by molar-refractivity contribution is -0.176. The first-order chi connectivity index (χ1) is 15.0. The Bertz CT molecular complexity index is 844. The molecule has 31 heavy (non-hydrogen) atoms. The standard InChI is InChI=1S/C22H28N4O5/c1-2-7-16(14-27)23-21(30)18-10-6-13-25-19(28)12-11-17(22(31)26(18)25)24-20(29)15-8-4-3-5-9-15/h3-5,8-9,14,16-18H,2,6-7,10-13H2,1H3,(H,23,30)(H,24,29). The molecular formula is C22H28N4O5. The number of nitrogens with one attached hydrogen (secondary N) is 2. The van der Waals surface area contributed by atoms with Gasteiger partial charge in [-0.15, -0.1) is 0 Å². The van der Waals surface area contributed by atoms with Gasteiger partial charge >= 0.3 is 0 Å². The van der Waals surface area contributed by atoms with E-state index in [1.807, 2.05) is 6.92 Å². The van der Waals surface area contributed by atoms with E-state index in [0.29, 0.717) is 37.7 Å². The number of hydrogen-bond donors (Lipinski definition) is 2. The largest absolute Gasteiger partial charge is 0.345 e. The molecule has 0 aromatic heterocycles. The molecule has 3 unspecified atom stereocenters. The van der Waals surface area contributed by atoms with Crippen LogP contribution in [-0.2, 0) is 19.2 Å². The van der Waals surface area contributed by atoms with Crippen molar-refractivity contribution in [2.45, 2.75) is 63.6 Å². The van der Waals surface area contributed by atoms with Gasteiger partial charge in [0.15, 0.2) is 0 Å². The van der Waals surface area contributed by atoms with Crippen molar-refractivity contribution in [3.63, 3.8) is 0 Å². The molecule has 2 aliphatic heterocycles. The first-order valence-electron chi connectivity index (χ1n) is 10.7. The third kappa shape index (κ3) is 5.10. The summed E-state index contributed by atoms with van der Waals surface area (Å²) in [6.07, 6.45) is 3.07. The van der Waals surface area contributed by atoms with Crippen LogP contribution in [-0.4, -0.2) is 64.6 Å². The zero-order valence-corrected chi connectivity index (χ0v) is 17.6. The molecule has 2 saturated heterocycles. The van der Waals surface area contributed by atoms with Gasteiger partial charge < -0.3 is 15.4 Å². The lowest BCUT2D eigenvalue weighted by Gasteiger charge is -2.43. The Morgan fingerprint density at radius 3 is 2.61 bits per heavy atom. The molecule has 0 saturated carbocycles. The van der Waals surface area contributed by atoms with E-state index in [1.54, 1.807) is 30.3 Å². The highest BCUT2D eigenvalue weighted by atomic mass is 16.2. The highest BCUT2D eigenvalue weighted by Gasteiger charge is 2.44. The van der Waals surface area contributed by atoms with Crippen LogP contribution in [0.2, 0.25) is 0 Å². The van der Waals surface area contributed by atoms with Crippen LogP contribution in [0.25, 0.3) is 0 Å². The summed E-state index contributed by atoms with van der Waals surface area (Å²) in [4.78, 5) is 62.8. The van der Waals surface area contributed by atoms with E-state index >= 15 is 0 Å². The van der Waals surface area contributed by atoms with E-state index in [0.717, 1.165) is 6.42 Å². The molecule has 2 fully saturated rings. The van der Waals surface area contributed by atoms with Crippen LogP contribution in [0.5, 0.6) is 0 Å². The van der Waals surface area contributed by atoms with Gasteiger partial charge in [0.05, 0.1) is 6.04 Å². The van der Waals surface area contributed by atoms with E-state index in [2.05, 4.69) is 10.6 Å². The molecule has 0 radical (unpaired) electrons. The van der Waals surface area contributed by atoms with Gasteiger partial charge in [-0.1, -0.05) is 31.5 Å². The van der Waals surface area contributed by atoms with E-state index < -0.39 is 35.8 Å². The maximum Gasteiger partial charge on any atom is 0.264 e. The number of aldehydes is 1. The topological polar surface area (TPSA) is 116 Å². The van der Waals surface area contributed by atoms with Gasteiger partial charge in [-0.25, -0.2) is 5.01 Å². The predicted octanol–water partition coefficient (Wildman–Crippen LogP) is 0.797. The van der Waals surface area contributed by atoms with Crippen molar-refractivity contribution in [3.05, 3.63) is 35.9 Å². The summed E-state index contributed by atoms with van der Waals surface area (Å²) in [5.74, 6) is -1.64. The second-order valence-corrected chi connectivity index (χ2v) is 7.83. The number of carbonyl (C=O) groups excluding carboxylic acids is 5. The number of benzene rings is 1. The summed E-state index contributed by atoms with van der Waals surface area (Å²) in [7, 11) is 0. The Hall–Kier alpha value is -3.23. The fourth-order valence-electron chi connectivity index (χ4n) is 4.00. The Balaban J connectivity index is 1.80. The van der Waals surface area contributed by atoms with Gasteiger partial charge in [0, 0.05) is 18.5 Å². The third-order valence-corrected chi connectivity index (χ3v) is 5.60. The quantitative estimate of drug-likeness (QED) is 0.623. The fourth-order valence-corrected chi connectivity index (χ4v) is 4.00. The molecule has 2 N–H and O–H groups in total. The van der Waals surface area contributed by atoms with Crippen molar-refractivity contribution in [3.8, 4) is 0 Å². The van der Waals surface area contributed by atoms with Crippen LogP contribution in [0.1, 0.15) is 55.8 Å². The minimum absolute atomic E-state index is 0.0864. The lowest BCUT2D eigenvalue weighted by atomic mass is 10.0. The van der Waals surface area contributed by atoms with Crippen LogP contribution in [0, 0.1) is 0 Å². The maximum atomic E-state index is 13.4. The minimum atomic E-state index is -0.924. The minimum Gasteiger partial charge on any atom is -0.345 e. The lowest BCUT2D eigenvalue weighted by Crippen LogP contribution is -2.64. The number of amides is 4. The predicted molar refractivity (Wildman–Crippen MR) is 111 cm³/mol. The SMILES string of the molecule is CCCC(C=O)NC(=O)C1CCCN2C(=O)CCC(NC(=O)c3ccccc3)C(=O)N12. The van der Waals surface area contributed by atoms with Gasteiger partial charge in [-0.2, -0.15) is 0 Å². The zero-order chi connectivity index (χ0) is 22.4. The molecular weight excluding hydrogens is 400 g/mol. The van der Waals surface area contributed by atoms with E-state index in [-0.39, 0.29) is 18.7 Å². The van der Waals surface area contributed by atoms with Gasteiger partial charge in [-0.3, -0.25) is 24.2 Å². The van der Waals surface area contributed by atoms with Crippen LogP contribution in [0.3, 0.4) is 0 Å². The summed E-state index contributed by atoms with van der Waals surface area (Å²) in [6, 6.07) is 6.04. The zero-order valence-electron chi connectivity index (χ0n) is 17.6. The van der Waals surface area contributed by atoms with Crippen LogP contribution >= 0.6 is 0 Å². The summed E-state index contributed by atoms with van der Waals surface area (Å²) in [5, 5.41) is 7.91. The summed E-state index contributed by atoms with van der Waals surface area (Å²) in [6.45, 7) is 2.24. The Morgan fingerprint density at radius 1 is 1.19 bits per heavy atom. The average molecular weight is 428 g/mol. The monoisotopic (exact) mass is 428 g/mol. The normalized spacial score (nSPS) is 22.2. The Morgan fingerprint density at radius 2 is 1.94 bits per heavy atom. The molecule has 3 atom stereocenters. The van der Waals surface area contributed by atoms with Crippen molar-refractivity contribution < 1.29 is 24.0 Å². The second-order valence-electron chi connectivity index (χ2n) is 7.83. The van der Waals surface area contributed by atoms with Crippen molar-refractivity contribution >= 4 is 29.9 Å². The molecule has 0 spiro atoms. The molecule has 2 aliphatic rings. The number of hydrogen-bond acceptors (Lipinski definition) is 5. The van der Waals surface area contributed by atoms with E-state index in [4.69, 9.17) is 0 Å². The first-order valence-corrected chi connectivity index (χ1v) is 10.7. The van der Waals surface area contributed by atoms with Crippen LogP contribution in [0.4, 0.5) is 0 Å². The van der Waals surface area contributed by atoms with Gasteiger partial charge in [-0.05, 0) is 37.8 Å². The molecule has 9 nitrogen and oxygen atoms in total. The number of rotatable bonds is 7. The molecule has 1 aromatic carbocycles. The maximum absolute atomic E-state index is 13.4. The highest BCUT2D eigenvalue weighted by molar-refractivity contribution is 5.99. The molecule has 166 valence electrons. The Kier molecular flexibility index (Phi) is 7.38. The molecule has 4 amide bonds. The fraction of sp³-hybridized carbons (Fsp3) is 0.500. The first kappa shape index (κ1) is 22.5. The third-order valence-electron chi connectivity index (χ3n) is 5.60. The van der Waals surface area contributed by atoms with Gasteiger partial charge in [0.25, 0.3) is 11.8 Å². The average Bonchev–Trinajstić information content (AvgIpc) is 2.91. The number of carbonyl (C=O) groups is 5. The van der Waals surface area contributed by atoms with Crippen molar-refractivity contribution in [2.75, 3.05) is 6.54 Å². The number of nitrogens with zero attached hydrogens (tertiary/aromatic N) is 2. The Labute approximate surface area is 181 Å². The van der Waals surface area contributed by atoms with Crippen LogP contribution < -0.4 is 10.6 Å². The molecule has 2 heterocycles. The molecule has 0 bridgehead atoms. The van der Waals surface area contributed by atoms with Gasteiger partial charge in [0.2, 0.25) is 11.8 Å². The molecule has 9 heteroatoms. The van der Waals surface area contributed by atoms with Crippen molar-refractivity contribution in [2.24, 2.45) is 0 Å². The van der Waals surface area contributed by atoms with Crippen molar-refractivity contribution in [1.82, 2.24) is 20.7 Å².